The number of halogens is 3. The lowest BCUT2D eigenvalue weighted by Crippen LogP contribution is -2.28. The van der Waals surface area contributed by atoms with E-state index in [9.17, 15) is 26.4 Å². The van der Waals surface area contributed by atoms with Crippen LogP contribution in [-0.4, -0.2) is 31.3 Å². The first kappa shape index (κ1) is 22.3. The van der Waals surface area contributed by atoms with Crippen LogP contribution < -0.4 is 4.72 Å². The Morgan fingerprint density at radius 2 is 1.71 bits per heavy atom. The number of hydrogen-bond acceptors (Lipinski definition) is 4. The highest BCUT2D eigenvalue weighted by molar-refractivity contribution is 7.92. The summed E-state index contributed by atoms with van der Waals surface area (Å²) in [5, 5.41) is 0. The molecule has 6 nitrogen and oxygen atoms in total. The van der Waals surface area contributed by atoms with E-state index in [1.807, 2.05) is 0 Å². The molecule has 1 N–H and O–H groups in total. The SMILES string of the molecule is CN(Cc1ccc(C(F)(F)F)cc1)C(=O)c1ccccc1S(=O)(=O)Nc1cccnc1. The molecule has 0 fully saturated rings. The van der Waals surface area contributed by atoms with Crippen molar-refractivity contribution < 1.29 is 26.4 Å². The molecule has 0 radical (unpaired) electrons. The number of alkyl halides is 3. The summed E-state index contributed by atoms with van der Waals surface area (Å²) in [5.74, 6) is -0.591. The van der Waals surface area contributed by atoms with Gasteiger partial charge in [-0.3, -0.25) is 14.5 Å². The minimum atomic E-state index is -4.45. The maximum Gasteiger partial charge on any atom is 0.416 e. The summed E-state index contributed by atoms with van der Waals surface area (Å²) in [6.45, 7) is 0.00138. The molecule has 0 aliphatic rings. The summed E-state index contributed by atoms with van der Waals surface area (Å²) in [7, 11) is -2.64. The van der Waals surface area contributed by atoms with Gasteiger partial charge in [0.15, 0.2) is 0 Å². The normalized spacial score (nSPS) is 11.7. The standard InChI is InChI=1S/C21H18F3N3O3S/c1-27(14-15-8-10-16(11-9-15)21(22,23)24)20(28)18-6-2-3-7-19(18)31(29,30)26-17-5-4-12-25-13-17/h2-13,26H,14H2,1H3. The van der Waals surface area contributed by atoms with Gasteiger partial charge in [-0.1, -0.05) is 24.3 Å². The third-order valence-corrected chi connectivity index (χ3v) is 5.81. The first-order valence-corrected chi connectivity index (χ1v) is 10.5. The van der Waals surface area contributed by atoms with Crippen molar-refractivity contribution in [2.75, 3.05) is 11.8 Å². The van der Waals surface area contributed by atoms with Gasteiger partial charge < -0.3 is 4.90 Å². The molecule has 3 aromatic rings. The van der Waals surface area contributed by atoms with Gasteiger partial charge >= 0.3 is 6.18 Å². The van der Waals surface area contributed by atoms with Gasteiger partial charge in [0.05, 0.1) is 23.0 Å². The Balaban J connectivity index is 1.82. The lowest BCUT2D eigenvalue weighted by molar-refractivity contribution is -0.137. The third-order valence-electron chi connectivity index (χ3n) is 4.37. The van der Waals surface area contributed by atoms with E-state index in [2.05, 4.69) is 9.71 Å². The fourth-order valence-electron chi connectivity index (χ4n) is 2.86. The first-order chi connectivity index (χ1) is 14.6. The van der Waals surface area contributed by atoms with E-state index >= 15 is 0 Å². The Bertz CT molecular complexity index is 1170. The number of hydrogen-bond donors (Lipinski definition) is 1. The highest BCUT2D eigenvalue weighted by Crippen LogP contribution is 2.29. The number of aromatic nitrogens is 1. The molecule has 0 unspecified atom stereocenters. The molecule has 3 rings (SSSR count). The van der Waals surface area contributed by atoms with Crippen molar-refractivity contribution >= 4 is 21.6 Å². The van der Waals surface area contributed by atoms with Crippen LogP contribution in [0.5, 0.6) is 0 Å². The van der Waals surface area contributed by atoms with Gasteiger partial charge in [0, 0.05) is 19.8 Å². The molecule has 0 aliphatic carbocycles. The number of anilines is 1. The van der Waals surface area contributed by atoms with Crippen molar-refractivity contribution in [2.24, 2.45) is 0 Å². The Kier molecular flexibility index (Phi) is 6.30. The second kappa shape index (κ2) is 8.76. The molecule has 1 aromatic heterocycles. The predicted molar refractivity (Wildman–Crippen MR) is 109 cm³/mol. The van der Waals surface area contributed by atoms with Crippen LogP contribution in [0.4, 0.5) is 18.9 Å². The number of nitrogens with one attached hydrogen (secondary N) is 1. The molecule has 162 valence electrons. The van der Waals surface area contributed by atoms with Gasteiger partial charge in [0.25, 0.3) is 15.9 Å². The van der Waals surface area contributed by atoms with Crippen molar-refractivity contribution in [1.29, 1.82) is 0 Å². The Hall–Kier alpha value is -3.40. The van der Waals surface area contributed by atoms with Gasteiger partial charge in [-0.25, -0.2) is 8.42 Å². The monoisotopic (exact) mass is 449 g/mol. The van der Waals surface area contributed by atoms with Crippen LogP contribution in [0.1, 0.15) is 21.5 Å². The number of pyridine rings is 1. The highest BCUT2D eigenvalue weighted by atomic mass is 32.2. The zero-order valence-corrected chi connectivity index (χ0v) is 17.1. The molecular formula is C21H18F3N3O3S. The van der Waals surface area contributed by atoms with Gasteiger partial charge in [0.1, 0.15) is 4.90 Å². The first-order valence-electron chi connectivity index (χ1n) is 9.01. The molecule has 0 saturated carbocycles. The second-order valence-electron chi connectivity index (χ2n) is 6.70. The Morgan fingerprint density at radius 3 is 2.32 bits per heavy atom. The number of benzene rings is 2. The number of rotatable bonds is 6. The molecule has 0 atom stereocenters. The summed E-state index contributed by atoms with van der Waals surface area (Å²) in [6.07, 6.45) is -1.63. The highest BCUT2D eigenvalue weighted by Gasteiger charge is 2.30. The summed E-state index contributed by atoms with van der Waals surface area (Å²) in [4.78, 5) is 17.8. The molecule has 10 heteroatoms. The van der Waals surface area contributed by atoms with Crippen LogP contribution in [0.15, 0.2) is 78.0 Å². The maximum absolute atomic E-state index is 12.9. The Labute approximate surface area is 177 Å². The van der Waals surface area contributed by atoms with Crippen LogP contribution >= 0.6 is 0 Å². The summed E-state index contributed by atoms with van der Waals surface area (Å²) in [5.41, 5.74) is -0.142. The van der Waals surface area contributed by atoms with E-state index in [-0.39, 0.29) is 22.7 Å². The molecule has 1 heterocycles. The van der Waals surface area contributed by atoms with Crippen molar-refractivity contribution in [3.63, 3.8) is 0 Å². The summed E-state index contributed by atoms with van der Waals surface area (Å²) < 4.78 is 66.2. The molecule has 0 bridgehead atoms. The van der Waals surface area contributed by atoms with E-state index in [1.165, 1.54) is 66.8 Å². The fraction of sp³-hybridized carbons (Fsp3) is 0.143. The smallest absolute Gasteiger partial charge is 0.337 e. The number of amides is 1. The van der Waals surface area contributed by atoms with E-state index in [0.29, 0.717) is 5.56 Å². The van der Waals surface area contributed by atoms with E-state index in [0.717, 1.165) is 12.1 Å². The van der Waals surface area contributed by atoms with Crippen LogP contribution in [0.25, 0.3) is 0 Å². The molecule has 31 heavy (non-hydrogen) atoms. The molecule has 0 spiro atoms. The number of carbonyl (C=O) groups excluding carboxylic acids is 1. The van der Waals surface area contributed by atoms with Gasteiger partial charge in [0.2, 0.25) is 0 Å². The average Bonchev–Trinajstić information content (AvgIpc) is 2.73. The predicted octanol–water partition coefficient (Wildman–Crippen LogP) is 4.17. The number of nitrogens with zero attached hydrogens (tertiary/aromatic N) is 2. The Morgan fingerprint density at radius 1 is 1.03 bits per heavy atom. The minimum Gasteiger partial charge on any atom is -0.337 e. The zero-order valence-electron chi connectivity index (χ0n) is 16.3. The molecule has 0 aliphatic heterocycles. The largest absolute Gasteiger partial charge is 0.416 e. The summed E-state index contributed by atoms with van der Waals surface area (Å²) in [6, 6.07) is 13.2. The van der Waals surface area contributed by atoms with E-state index in [1.54, 1.807) is 6.07 Å². The van der Waals surface area contributed by atoms with Crippen LogP contribution in [0, 0.1) is 0 Å². The summed E-state index contributed by atoms with van der Waals surface area (Å²) >= 11 is 0. The maximum atomic E-state index is 12.9. The van der Waals surface area contributed by atoms with Gasteiger partial charge in [-0.05, 0) is 42.0 Å². The zero-order chi connectivity index (χ0) is 22.6. The van der Waals surface area contributed by atoms with Gasteiger partial charge in [-0.2, -0.15) is 13.2 Å². The minimum absolute atomic E-state index is 0.00138. The van der Waals surface area contributed by atoms with Crippen molar-refractivity contribution in [3.8, 4) is 0 Å². The number of sulfonamides is 1. The van der Waals surface area contributed by atoms with Crippen molar-refractivity contribution in [1.82, 2.24) is 9.88 Å². The van der Waals surface area contributed by atoms with Crippen molar-refractivity contribution in [3.05, 3.63) is 89.7 Å². The number of carbonyl (C=O) groups is 1. The average molecular weight is 449 g/mol. The van der Waals surface area contributed by atoms with Crippen LogP contribution in [0.2, 0.25) is 0 Å². The fourth-order valence-corrected chi connectivity index (χ4v) is 4.10. The van der Waals surface area contributed by atoms with Gasteiger partial charge in [-0.15, -0.1) is 0 Å². The quantitative estimate of drug-likeness (QED) is 0.613. The lowest BCUT2D eigenvalue weighted by Gasteiger charge is -2.20. The van der Waals surface area contributed by atoms with Crippen LogP contribution in [0.3, 0.4) is 0 Å². The van der Waals surface area contributed by atoms with Crippen molar-refractivity contribution in [2.45, 2.75) is 17.6 Å². The van der Waals surface area contributed by atoms with E-state index < -0.39 is 27.7 Å². The third kappa shape index (κ3) is 5.40. The topological polar surface area (TPSA) is 79.4 Å². The molecule has 1 amide bonds. The second-order valence-corrected chi connectivity index (χ2v) is 8.35. The molecular weight excluding hydrogens is 431 g/mol. The van der Waals surface area contributed by atoms with E-state index in [4.69, 9.17) is 0 Å². The molecule has 0 saturated heterocycles. The van der Waals surface area contributed by atoms with Crippen LogP contribution in [-0.2, 0) is 22.7 Å². The molecule has 2 aromatic carbocycles. The lowest BCUT2D eigenvalue weighted by atomic mass is 10.1.